The van der Waals surface area contributed by atoms with Gasteiger partial charge in [-0.15, -0.1) is 0 Å². The van der Waals surface area contributed by atoms with Crippen molar-refractivity contribution >= 4 is 27.5 Å². The number of aliphatic hydroxyl groups is 1. The van der Waals surface area contributed by atoms with Crippen LogP contribution in [0, 0.1) is 19.7 Å². The van der Waals surface area contributed by atoms with E-state index in [1.807, 2.05) is 0 Å². The first kappa shape index (κ1) is 14.5. The minimum Gasteiger partial charge on any atom is -0.384 e. The number of benzene rings is 2. The zero-order chi connectivity index (χ0) is 14.2. The molecule has 1 atom stereocenters. The molecule has 1 unspecified atom stereocenters. The first-order valence-electron chi connectivity index (χ1n) is 5.80. The van der Waals surface area contributed by atoms with Gasteiger partial charge in [0.1, 0.15) is 11.9 Å². The lowest BCUT2D eigenvalue weighted by molar-refractivity contribution is 0.218. The topological polar surface area (TPSA) is 20.2 Å². The molecule has 100 valence electrons. The van der Waals surface area contributed by atoms with Gasteiger partial charge >= 0.3 is 0 Å². The molecule has 0 aliphatic heterocycles. The van der Waals surface area contributed by atoms with Gasteiger partial charge in [0.15, 0.2) is 0 Å². The van der Waals surface area contributed by atoms with Crippen molar-refractivity contribution in [3.8, 4) is 0 Å². The SMILES string of the molecule is Cc1cc(F)cc(C)c1C(O)c1ccc(Cl)c(Br)c1. The predicted molar refractivity (Wildman–Crippen MR) is 79.1 cm³/mol. The summed E-state index contributed by atoms with van der Waals surface area (Å²) >= 11 is 9.27. The minimum atomic E-state index is -0.797. The summed E-state index contributed by atoms with van der Waals surface area (Å²) in [5, 5.41) is 11.1. The fraction of sp³-hybridized carbons (Fsp3) is 0.200. The lowest BCUT2D eigenvalue weighted by Gasteiger charge is -2.17. The third kappa shape index (κ3) is 2.99. The van der Waals surface area contributed by atoms with Gasteiger partial charge in [-0.3, -0.25) is 0 Å². The quantitative estimate of drug-likeness (QED) is 0.819. The molecular formula is C15H13BrClFO. The third-order valence-corrected chi connectivity index (χ3v) is 4.31. The van der Waals surface area contributed by atoms with Gasteiger partial charge in [0.05, 0.1) is 5.02 Å². The average Bonchev–Trinajstić information content (AvgIpc) is 2.31. The Labute approximate surface area is 125 Å². The van der Waals surface area contributed by atoms with Crippen molar-refractivity contribution in [3.63, 3.8) is 0 Å². The second kappa shape index (κ2) is 5.61. The van der Waals surface area contributed by atoms with E-state index in [1.165, 1.54) is 12.1 Å². The Morgan fingerprint density at radius 2 is 1.74 bits per heavy atom. The maximum absolute atomic E-state index is 13.3. The highest BCUT2D eigenvalue weighted by Crippen LogP contribution is 2.32. The molecule has 0 saturated carbocycles. The van der Waals surface area contributed by atoms with Crippen LogP contribution in [0.2, 0.25) is 5.02 Å². The van der Waals surface area contributed by atoms with Crippen LogP contribution in [-0.4, -0.2) is 5.11 Å². The number of rotatable bonds is 2. The maximum Gasteiger partial charge on any atom is 0.123 e. The maximum atomic E-state index is 13.3. The van der Waals surface area contributed by atoms with E-state index in [-0.39, 0.29) is 5.82 Å². The lowest BCUT2D eigenvalue weighted by Crippen LogP contribution is -2.05. The van der Waals surface area contributed by atoms with Gasteiger partial charge in [0.2, 0.25) is 0 Å². The molecule has 0 heterocycles. The van der Waals surface area contributed by atoms with Gasteiger partial charge in [-0.1, -0.05) is 17.7 Å². The van der Waals surface area contributed by atoms with Crippen LogP contribution in [0.25, 0.3) is 0 Å². The Bertz CT molecular complexity index is 605. The summed E-state index contributed by atoms with van der Waals surface area (Å²) in [6, 6.07) is 8.11. The number of aryl methyl sites for hydroxylation is 2. The molecule has 4 heteroatoms. The molecule has 0 aromatic heterocycles. The van der Waals surface area contributed by atoms with E-state index in [1.54, 1.807) is 32.0 Å². The Morgan fingerprint density at radius 3 is 2.26 bits per heavy atom. The van der Waals surface area contributed by atoms with Crippen molar-refractivity contribution in [1.29, 1.82) is 0 Å². The predicted octanol–water partition coefficient (Wildman–Crippen LogP) is 4.94. The summed E-state index contributed by atoms with van der Waals surface area (Å²) in [5.74, 6) is -0.289. The molecule has 1 N–H and O–H groups in total. The molecule has 0 amide bonds. The molecule has 0 fully saturated rings. The Hall–Kier alpha value is -0.900. The van der Waals surface area contributed by atoms with Gasteiger partial charge in [-0.25, -0.2) is 4.39 Å². The molecule has 0 saturated heterocycles. The van der Waals surface area contributed by atoms with Crippen molar-refractivity contribution in [2.45, 2.75) is 20.0 Å². The molecule has 0 aliphatic rings. The molecule has 0 radical (unpaired) electrons. The van der Waals surface area contributed by atoms with Crippen LogP contribution >= 0.6 is 27.5 Å². The van der Waals surface area contributed by atoms with Crippen molar-refractivity contribution in [2.24, 2.45) is 0 Å². The van der Waals surface area contributed by atoms with E-state index in [0.717, 1.165) is 21.2 Å². The van der Waals surface area contributed by atoms with Gasteiger partial charge in [-0.05, 0) is 76.3 Å². The number of aliphatic hydroxyl groups excluding tert-OH is 1. The summed E-state index contributed by atoms with van der Waals surface area (Å²) < 4.78 is 14.0. The largest absolute Gasteiger partial charge is 0.384 e. The fourth-order valence-electron chi connectivity index (χ4n) is 2.20. The van der Waals surface area contributed by atoms with E-state index < -0.39 is 6.10 Å². The summed E-state index contributed by atoms with van der Waals surface area (Å²) in [6.45, 7) is 3.58. The molecule has 2 aromatic rings. The summed E-state index contributed by atoms with van der Waals surface area (Å²) in [7, 11) is 0. The second-order valence-corrected chi connectivity index (χ2v) is 5.79. The standard InChI is InChI=1S/C15H13BrClFO/c1-8-5-11(18)6-9(2)14(8)15(19)10-3-4-13(17)12(16)7-10/h3-7,15,19H,1-2H3. The second-order valence-electron chi connectivity index (χ2n) is 4.53. The average molecular weight is 344 g/mol. The molecule has 0 bridgehead atoms. The Morgan fingerprint density at radius 1 is 1.16 bits per heavy atom. The molecule has 1 nitrogen and oxygen atoms in total. The van der Waals surface area contributed by atoms with Crippen molar-refractivity contribution in [2.75, 3.05) is 0 Å². The molecule has 0 spiro atoms. The Balaban J connectivity index is 2.49. The Kier molecular flexibility index (Phi) is 4.29. The first-order chi connectivity index (χ1) is 8.90. The molecule has 19 heavy (non-hydrogen) atoms. The number of hydrogen-bond donors (Lipinski definition) is 1. The van der Waals surface area contributed by atoms with Crippen LogP contribution < -0.4 is 0 Å². The minimum absolute atomic E-state index is 0.289. The molecule has 0 aliphatic carbocycles. The van der Waals surface area contributed by atoms with Crippen LogP contribution in [0.5, 0.6) is 0 Å². The normalized spacial score (nSPS) is 12.5. The highest BCUT2D eigenvalue weighted by atomic mass is 79.9. The summed E-state index contributed by atoms with van der Waals surface area (Å²) in [6.07, 6.45) is -0.797. The van der Waals surface area contributed by atoms with E-state index >= 15 is 0 Å². The zero-order valence-corrected chi connectivity index (χ0v) is 12.9. The molecule has 2 rings (SSSR count). The van der Waals surface area contributed by atoms with Gasteiger partial charge in [0, 0.05) is 4.47 Å². The van der Waals surface area contributed by atoms with E-state index in [4.69, 9.17) is 11.6 Å². The number of hydrogen-bond acceptors (Lipinski definition) is 1. The smallest absolute Gasteiger partial charge is 0.123 e. The van der Waals surface area contributed by atoms with Crippen LogP contribution in [0.15, 0.2) is 34.8 Å². The monoisotopic (exact) mass is 342 g/mol. The van der Waals surface area contributed by atoms with Crippen molar-refractivity contribution < 1.29 is 9.50 Å². The fourth-order valence-corrected chi connectivity index (χ4v) is 2.72. The number of halogens is 3. The summed E-state index contributed by atoms with van der Waals surface area (Å²) in [4.78, 5) is 0. The highest BCUT2D eigenvalue weighted by molar-refractivity contribution is 9.10. The van der Waals surface area contributed by atoms with Gasteiger partial charge in [-0.2, -0.15) is 0 Å². The van der Waals surface area contributed by atoms with Crippen LogP contribution in [0.4, 0.5) is 4.39 Å². The van der Waals surface area contributed by atoms with E-state index in [9.17, 15) is 9.50 Å². The lowest BCUT2D eigenvalue weighted by atomic mass is 9.93. The van der Waals surface area contributed by atoms with E-state index in [0.29, 0.717) is 10.6 Å². The van der Waals surface area contributed by atoms with Crippen LogP contribution in [-0.2, 0) is 0 Å². The highest BCUT2D eigenvalue weighted by Gasteiger charge is 2.17. The van der Waals surface area contributed by atoms with Crippen LogP contribution in [0.3, 0.4) is 0 Å². The van der Waals surface area contributed by atoms with Gasteiger partial charge in [0.25, 0.3) is 0 Å². The van der Waals surface area contributed by atoms with E-state index in [2.05, 4.69) is 15.9 Å². The zero-order valence-electron chi connectivity index (χ0n) is 10.5. The van der Waals surface area contributed by atoms with Gasteiger partial charge < -0.3 is 5.11 Å². The van der Waals surface area contributed by atoms with Crippen molar-refractivity contribution in [1.82, 2.24) is 0 Å². The van der Waals surface area contributed by atoms with Crippen LogP contribution in [0.1, 0.15) is 28.4 Å². The third-order valence-electron chi connectivity index (χ3n) is 3.09. The van der Waals surface area contributed by atoms with Crippen molar-refractivity contribution in [3.05, 3.63) is 67.9 Å². The first-order valence-corrected chi connectivity index (χ1v) is 6.97. The molecule has 2 aromatic carbocycles. The summed E-state index contributed by atoms with van der Waals surface area (Å²) in [5.41, 5.74) is 2.91. The molecular weight excluding hydrogens is 331 g/mol.